The van der Waals surface area contributed by atoms with Gasteiger partial charge in [0.25, 0.3) is 12.9 Å². The molecule has 2 heterocycles. The second-order valence-corrected chi connectivity index (χ2v) is 12.1. The van der Waals surface area contributed by atoms with Gasteiger partial charge in [0.05, 0.1) is 11.0 Å². The number of carbonyl (C=O) groups excluding carboxylic acids is 4. The molecule has 0 spiro atoms. The number of carbonyl (C=O) groups is 5. The van der Waals surface area contributed by atoms with Crippen LogP contribution in [0.4, 0.5) is 4.79 Å². The van der Waals surface area contributed by atoms with Crippen LogP contribution in [0.2, 0.25) is 0 Å². The SMILES string of the molecule is CC(C)(C)c1cc(OC=O)cc(C(=O)O)c1.CCC1(c2ccccc2)CNC(=O)NC1=O.Cn1c(=O)[nH]c(=O)[nH]c1=O.O=COc1ccc(O)cc1O. The topological polar surface area (TPSA) is 276 Å². The Morgan fingerprint density at radius 1 is 0.887 bits per heavy atom. The van der Waals surface area contributed by atoms with E-state index in [4.69, 9.17) is 15.3 Å². The number of urea groups is 1. The van der Waals surface area contributed by atoms with Crippen molar-refractivity contribution < 1.29 is 48.8 Å². The molecule has 0 bridgehead atoms. The summed E-state index contributed by atoms with van der Waals surface area (Å²) in [5, 5.41) is 31.7. The van der Waals surface area contributed by atoms with E-state index < -0.39 is 34.5 Å². The Hall–Kier alpha value is -6.98. The van der Waals surface area contributed by atoms with E-state index in [0.717, 1.165) is 21.8 Å². The van der Waals surface area contributed by atoms with Gasteiger partial charge >= 0.3 is 29.1 Å². The molecule has 0 aliphatic carbocycles. The number of aromatic nitrogens is 3. The molecule has 1 fully saturated rings. The summed E-state index contributed by atoms with van der Waals surface area (Å²) in [5.41, 5.74) is -1.18. The van der Waals surface area contributed by atoms with Gasteiger partial charge < -0.3 is 30.1 Å². The van der Waals surface area contributed by atoms with Gasteiger partial charge in [-0.1, -0.05) is 58.0 Å². The van der Waals surface area contributed by atoms with Crippen LogP contribution in [-0.2, 0) is 32.3 Å². The average Bonchev–Trinajstić information content (AvgIpc) is 3.10. The molecule has 3 amide bonds. The van der Waals surface area contributed by atoms with Gasteiger partial charge in [0.15, 0.2) is 11.5 Å². The molecule has 0 saturated carbocycles. The molecular formula is C35H39N5O13. The number of nitrogens with one attached hydrogen (secondary N) is 4. The lowest BCUT2D eigenvalue weighted by molar-refractivity contribution is -0.126. The van der Waals surface area contributed by atoms with Crippen LogP contribution in [-0.4, -0.2) is 67.3 Å². The molecule has 7 N–H and O–H groups in total. The van der Waals surface area contributed by atoms with Gasteiger partial charge in [-0.25, -0.2) is 28.5 Å². The zero-order chi connectivity index (χ0) is 39.9. The standard InChI is InChI=1S/C12H14N2O2.C12H14O4.C7H6O4.C4H5N3O3/c1-2-12(9-6-4-3-5-7-9)8-13-11(16)14-10(12)15;1-12(2,3)9-4-8(11(14)15)5-10(6-9)16-7-13;8-4-11-7-2-1-5(9)3-6(7)10;1-7-3(9)5-2(8)6-4(7)10/h3-7H,2,8H2,1H3,(H2,13,14,15,16);4-7H,1-3H3,(H,14,15);1-4,9-10H;1H3,(H2,5,6,8,9,10). The summed E-state index contributed by atoms with van der Waals surface area (Å²) >= 11 is 0. The average molecular weight is 738 g/mol. The number of imide groups is 1. The van der Waals surface area contributed by atoms with Crippen molar-refractivity contribution in [3.8, 4) is 23.0 Å². The minimum atomic E-state index is -1.04. The molecule has 1 aliphatic rings. The van der Waals surface area contributed by atoms with Crippen LogP contribution in [0.25, 0.3) is 0 Å². The summed E-state index contributed by atoms with van der Waals surface area (Å²) in [5.74, 6) is -1.33. The highest BCUT2D eigenvalue weighted by atomic mass is 16.5. The number of carboxylic acid groups (broad SMARTS) is 1. The van der Waals surface area contributed by atoms with E-state index in [1.807, 2.05) is 68.0 Å². The number of phenols is 2. The number of aromatic amines is 2. The first kappa shape index (κ1) is 42.2. The van der Waals surface area contributed by atoms with Crippen molar-refractivity contribution in [3.05, 3.63) is 115 Å². The molecule has 3 aromatic carbocycles. The third-order valence-corrected chi connectivity index (χ3v) is 7.51. The van der Waals surface area contributed by atoms with Gasteiger partial charge in [-0.05, 0) is 53.3 Å². The Labute approximate surface area is 301 Å². The number of hydrogen-bond donors (Lipinski definition) is 7. The quantitative estimate of drug-likeness (QED) is 0.133. The molecule has 5 rings (SSSR count). The number of hydrogen-bond acceptors (Lipinski definition) is 12. The number of amides is 3. The largest absolute Gasteiger partial charge is 0.508 e. The first-order valence-corrected chi connectivity index (χ1v) is 15.5. The van der Waals surface area contributed by atoms with Gasteiger partial charge in [0.1, 0.15) is 11.5 Å². The Balaban J connectivity index is 0.000000250. The maximum absolute atomic E-state index is 12.0. The monoisotopic (exact) mass is 737 g/mol. The summed E-state index contributed by atoms with van der Waals surface area (Å²) in [6.07, 6.45) is 0.656. The van der Waals surface area contributed by atoms with Crippen LogP contribution in [0.3, 0.4) is 0 Å². The number of nitrogens with zero attached hydrogens (tertiary/aromatic N) is 1. The number of aromatic hydroxyl groups is 2. The highest BCUT2D eigenvalue weighted by molar-refractivity contribution is 6.03. The molecule has 1 atom stereocenters. The molecule has 53 heavy (non-hydrogen) atoms. The maximum Gasteiger partial charge on any atom is 0.335 e. The minimum absolute atomic E-state index is 0.0257. The minimum Gasteiger partial charge on any atom is -0.508 e. The maximum atomic E-state index is 12.0. The van der Waals surface area contributed by atoms with Crippen molar-refractivity contribution in [1.82, 2.24) is 25.2 Å². The van der Waals surface area contributed by atoms with Crippen molar-refractivity contribution in [3.63, 3.8) is 0 Å². The third kappa shape index (κ3) is 12.1. The van der Waals surface area contributed by atoms with Gasteiger partial charge in [-0.3, -0.25) is 29.7 Å². The molecule has 282 valence electrons. The smallest absolute Gasteiger partial charge is 0.335 e. The fourth-order valence-corrected chi connectivity index (χ4v) is 4.48. The van der Waals surface area contributed by atoms with E-state index >= 15 is 0 Å². The van der Waals surface area contributed by atoms with Crippen LogP contribution < -0.4 is 37.2 Å². The van der Waals surface area contributed by atoms with Gasteiger partial charge in [0.2, 0.25) is 5.91 Å². The van der Waals surface area contributed by atoms with E-state index in [0.29, 0.717) is 13.0 Å². The lowest BCUT2D eigenvalue weighted by Gasteiger charge is -2.35. The lowest BCUT2D eigenvalue weighted by atomic mass is 9.76. The number of ether oxygens (including phenoxy) is 2. The van der Waals surface area contributed by atoms with Crippen molar-refractivity contribution in [2.45, 2.75) is 44.9 Å². The Morgan fingerprint density at radius 3 is 1.98 bits per heavy atom. The molecule has 1 aliphatic heterocycles. The van der Waals surface area contributed by atoms with Crippen LogP contribution >= 0.6 is 0 Å². The van der Waals surface area contributed by atoms with E-state index in [2.05, 4.69) is 20.1 Å². The zero-order valence-corrected chi connectivity index (χ0v) is 29.3. The summed E-state index contributed by atoms with van der Waals surface area (Å²) in [7, 11) is 1.26. The van der Waals surface area contributed by atoms with E-state index in [1.54, 1.807) is 12.1 Å². The van der Waals surface area contributed by atoms with Crippen molar-refractivity contribution >= 4 is 30.9 Å². The van der Waals surface area contributed by atoms with Crippen LogP contribution in [0.5, 0.6) is 23.0 Å². The number of phenolic OH excluding ortho intramolecular Hbond substituents is 2. The van der Waals surface area contributed by atoms with Gasteiger partial charge in [-0.2, -0.15) is 0 Å². The van der Waals surface area contributed by atoms with Crippen molar-refractivity contribution in [1.29, 1.82) is 0 Å². The van der Waals surface area contributed by atoms with E-state index in [9.17, 15) is 38.4 Å². The van der Waals surface area contributed by atoms with E-state index in [1.165, 1.54) is 25.2 Å². The lowest BCUT2D eigenvalue weighted by Crippen LogP contribution is -2.60. The second-order valence-electron chi connectivity index (χ2n) is 12.1. The fourth-order valence-electron chi connectivity index (χ4n) is 4.48. The number of H-pyrrole nitrogens is 2. The molecule has 18 heteroatoms. The normalized spacial score (nSPS) is 14.5. The predicted molar refractivity (Wildman–Crippen MR) is 188 cm³/mol. The summed E-state index contributed by atoms with van der Waals surface area (Å²) in [4.78, 5) is 89.2. The third-order valence-electron chi connectivity index (χ3n) is 7.51. The molecule has 1 saturated heterocycles. The fraction of sp³-hybridized carbons (Fsp3) is 0.257. The zero-order valence-electron chi connectivity index (χ0n) is 29.3. The van der Waals surface area contributed by atoms with E-state index in [-0.39, 0.29) is 52.8 Å². The van der Waals surface area contributed by atoms with Crippen LogP contribution in [0.15, 0.2) is 81.1 Å². The van der Waals surface area contributed by atoms with Crippen LogP contribution in [0.1, 0.15) is 55.6 Å². The molecule has 4 aromatic rings. The Morgan fingerprint density at radius 2 is 1.49 bits per heavy atom. The summed E-state index contributed by atoms with van der Waals surface area (Å²) in [6, 6.07) is 17.4. The first-order chi connectivity index (χ1) is 24.9. The van der Waals surface area contributed by atoms with Gasteiger partial charge in [-0.15, -0.1) is 0 Å². The number of carboxylic acids is 1. The van der Waals surface area contributed by atoms with Crippen molar-refractivity contribution in [2.24, 2.45) is 7.05 Å². The molecular weight excluding hydrogens is 698 g/mol. The number of rotatable bonds is 7. The van der Waals surface area contributed by atoms with Gasteiger partial charge in [0, 0.05) is 19.7 Å². The highest BCUT2D eigenvalue weighted by Gasteiger charge is 2.42. The predicted octanol–water partition coefficient (Wildman–Crippen LogP) is 1.79. The summed E-state index contributed by atoms with van der Waals surface area (Å²) < 4.78 is 9.80. The Bertz CT molecular complexity index is 2070. The second kappa shape index (κ2) is 18.9. The van der Waals surface area contributed by atoms with Crippen molar-refractivity contribution in [2.75, 3.05) is 6.54 Å². The number of aromatic carboxylic acids is 1. The molecule has 1 aromatic heterocycles. The summed E-state index contributed by atoms with van der Waals surface area (Å²) in [6.45, 7) is 8.66. The first-order valence-electron chi connectivity index (χ1n) is 15.5. The molecule has 0 radical (unpaired) electrons. The number of benzene rings is 3. The molecule has 1 unspecified atom stereocenters. The Kier molecular flexibility index (Phi) is 15.0. The van der Waals surface area contributed by atoms with Crippen LogP contribution in [0, 0.1) is 0 Å². The molecule has 18 nitrogen and oxygen atoms in total. The highest BCUT2D eigenvalue weighted by Crippen LogP contribution is 2.30.